The second-order valence-electron chi connectivity index (χ2n) is 11.0. The van der Waals surface area contributed by atoms with Gasteiger partial charge in [0.25, 0.3) is 11.8 Å². The van der Waals surface area contributed by atoms with E-state index < -0.39 is 29.9 Å². The van der Waals surface area contributed by atoms with E-state index in [0.29, 0.717) is 45.6 Å². The number of carbonyl (C=O) groups excluding carboxylic acids is 3. The number of piperazine rings is 1. The lowest BCUT2D eigenvalue weighted by atomic mass is 9.94. The SMILES string of the molecule is Cn1c(-c2ccc(OCC#N)c(F)c2F)cnc1C(=O)Nc1ccc(C(=O)N2CCC(C(=O)N3CCN[C@H](CO)C3)CC2)c(Cl)c1. The summed E-state index contributed by atoms with van der Waals surface area (Å²) in [5.74, 6) is -4.09. The molecule has 2 aromatic carbocycles. The third kappa shape index (κ3) is 6.81. The molecule has 12 nitrogen and oxygen atoms in total. The first-order valence-electron chi connectivity index (χ1n) is 14.7. The van der Waals surface area contributed by atoms with Gasteiger partial charge in [0.15, 0.2) is 24.0 Å². The number of nitriles is 1. The first-order chi connectivity index (χ1) is 22.1. The molecule has 3 amide bonds. The smallest absolute Gasteiger partial charge is 0.291 e. The van der Waals surface area contributed by atoms with Crippen molar-refractivity contribution < 1.29 is 33.0 Å². The fraction of sp³-hybridized carbons (Fsp3) is 0.387. The number of likely N-dealkylation sites (tertiary alicyclic amines) is 1. The standard InChI is InChI=1S/C31H32ClF2N7O5/c1-39-24(22-4-5-25(46-13-8-35)27(34)26(22)33)15-37-28(39)29(43)38-19-2-3-21(23(32)14-19)31(45)40-10-6-18(7-11-40)30(44)41-12-9-36-20(16-41)17-42/h2-5,14-15,18,20,36,42H,6-7,9-13,16-17H2,1H3,(H,38,43)/t20-/m0/s1. The highest BCUT2D eigenvalue weighted by atomic mass is 35.5. The Labute approximate surface area is 268 Å². The average molecular weight is 656 g/mol. The molecule has 242 valence electrons. The highest BCUT2D eigenvalue weighted by Crippen LogP contribution is 2.31. The summed E-state index contributed by atoms with van der Waals surface area (Å²) in [4.78, 5) is 46.8. The Hall–Kier alpha value is -4.58. The van der Waals surface area contributed by atoms with E-state index in [0.717, 1.165) is 0 Å². The second-order valence-corrected chi connectivity index (χ2v) is 11.5. The quantitative estimate of drug-likeness (QED) is 0.335. The summed E-state index contributed by atoms with van der Waals surface area (Å²) in [6.07, 6.45) is 2.26. The second kappa shape index (κ2) is 14.2. The zero-order valence-corrected chi connectivity index (χ0v) is 25.7. The van der Waals surface area contributed by atoms with Gasteiger partial charge in [-0.3, -0.25) is 14.4 Å². The van der Waals surface area contributed by atoms with Crippen LogP contribution >= 0.6 is 11.6 Å². The number of piperidine rings is 1. The monoisotopic (exact) mass is 655 g/mol. The van der Waals surface area contributed by atoms with Crippen molar-refractivity contribution in [2.75, 3.05) is 51.3 Å². The first-order valence-corrected chi connectivity index (χ1v) is 15.0. The number of aliphatic hydroxyl groups excluding tert-OH is 1. The van der Waals surface area contributed by atoms with Crippen LogP contribution in [0.3, 0.4) is 0 Å². The van der Waals surface area contributed by atoms with E-state index >= 15 is 0 Å². The molecule has 2 saturated heterocycles. The van der Waals surface area contributed by atoms with Crippen LogP contribution in [-0.4, -0.2) is 94.2 Å². The van der Waals surface area contributed by atoms with E-state index in [4.69, 9.17) is 21.6 Å². The van der Waals surface area contributed by atoms with E-state index in [-0.39, 0.29) is 63.7 Å². The molecule has 2 aliphatic rings. The molecule has 0 radical (unpaired) electrons. The predicted octanol–water partition coefficient (Wildman–Crippen LogP) is 2.82. The number of amides is 3. The third-order valence-electron chi connectivity index (χ3n) is 8.18. The Morgan fingerprint density at radius 1 is 1.15 bits per heavy atom. The van der Waals surface area contributed by atoms with Gasteiger partial charge in [0, 0.05) is 63.0 Å². The number of anilines is 1. The molecule has 0 bridgehead atoms. The number of rotatable bonds is 8. The predicted molar refractivity (Wildman–Crippen MR) is 163 cm³/mol. The highest BCUT2D eigenvalue weighted by Gasteiger charge is 2.33. The number of halogens is 3. The molecule has 5 rings (SSSR count). The number of nitrogens with zero attached hydrogens (tertiary/aromatic N) is 5. The van der Waals surface area contributed by atoms with Crippen molar-refractivity contribution in [3.05, 3.63) is 64.6 Å². The molecule has 46 heavy (non-hydrogen) atoms. The minimum absolute atomic E-state index is 0.0366. The number of nitrogens with one attached hydrogen (secondary N) is 2. The summed E-state index contributed by atoms with van der Waals surface area (Å²) in [7, 11) is 1.47. The average Bonchev–Trinajstić information content (AvgIpc) is 3.45. The van der Waals surface area contributed by atoms with E-state index in [9.17, 15) is 28.3 Å². The fourth-order valence-corrected chi connectivity index (χ4v) is 5.94. The number of carbonyl (C=O) groups is 3. The largest absolute Gasteiger partial charge is 0.476 e. The van der Waals surface area contributed by atoms with Crippen LogP contribution in [0.15, 0.2) is 36.5 Å². The van der Waals surface area contributed by atoms with E-state index in [2.05, 4.69) is 15.6 Å². The number of benzene rings is 2. The van der Waals surface area contributed by atoms with Crippen molar-refractivity contribution >= 4 is 35.0 Å². The molecular formula is C31H32ClF2N7O5. The number of imidazole rings is 1. The summed E-state index contributed by atoms with van der Waals surface area (Å²) in [6, 6.07) is 8.46. The number of hydrogen-bond donors (Lipinski definition) is 3. The summed E-state index contributed by atoms with van der Waals surface area (Å²) in [5.41, 5.74) is 0.500. The van der Waals surface area contributed by atoms with Crippen molar-refractivity contribution in [3.8, 4) is 23.1 Å². The van der Waals surface area contributed by atoms with Gasteiger partial charge in [0.1, 0.15) is 6.07 Å². The van der Waals surface area contributed by atoms with Gasteiger partial charge in [-0.25, -0.2) is 9.37 Å². The van der Waals surface area contributed by atoms with Gasteiger partial charge in [-0.15, -0.1) is 0 Å². The lowest BCUT2D eigenvalue weighted by Crippen LogP contribution is -2.56. The molecular weight excluding hydrogens is 624 g/mol. The molecule has 2 aliphatic heterocycles. The number of aromatic nitrogens is 2. The fourth-order valence-electron chi connectivity index (χ4n) is 5.68. The number of hydrogen-bond acceptors (Lipinski definition) is 8. The Balaban J connectivity index is 1.20. The normalized spacial score (nSPS) is 17.0. The first kappa shape index (κ1) is 32.8. The van der Waals surface area contributed by atoms with E-state index in [1.807, 2.05) is 0 Å². The maximum absolute atomic E-state index is 14.8. The van der Waals surface area contributed by atoms with Crippen LogP contribution in [0.1, 0.15) is 33.8 Å². The van der Waals surface area contributed by atoms with Crippen molar-refractivity contribution in [2.45, 2.75) is 18.9 Å². The van der Waals surface area contributed by atoms with Gasteiger partial charge in [0.2, 0.25) is 11.7 Å². The van der Waals surface area contributed by atoms with Crippen molar-refractivity contribution in [2.24, 2.45) is 13.0 Å². The summed E-state index contributed by atoms with van der Waals surface area (Å²) in [5, 5.41) is 24.0. The zero-order valence-electron chi connectivity index (χ0n) is 24.9. The van der Waals surface area contributed by atoms with Crippen LogP contribution in [0.2, 0.25) is 5.02 Å². The third-order valence-corrected chi connectivity index (χ3v) is 8.50. The van der Waals surface area contributed by atoms with Crippen LogP contribution in [0.5, 0.6) is 5.75 Å². The Bertz CT molecular complexity index is 1690. The molecule has 0 unspecified atom stereocenters. The van der Waals surface area contributed by atoms with Gasteiger partial charge < -0.3 is 34.8 Å². The maximum atomic E-state index is 14.8. The molecule has 2 fully saturated rings. The molecule has 3 aromatic rings. The lowest BCUT2D eigenvalue weighted by Gasteiger charge is -2.38. The topological polar surface area (TPSA) is 153 Å². The maximum Gasteiger partial charge on any atom is 0.291 e. The van der Waals surface area contributed by atoms with E-state index in [1.165, 1.54) is 48.1 Å². The van der Waals surface area contributed by atoms with Crippen molar-refractivity contribution in [1.82, 2.24) is 24.7 Å². The lowest BCUT2D eigenvalue weighted by molar-refractivity contribution is -0.138. The van der Waals surface area contributed by atoms with Crippen LogP contribution in [0, 0.1) is 28.9 Å². The van der Waals surface area contributed by atoms with Gasteiger partial charge in [0.05, 0.1) is 29.1 Å². The van der Waals surface area contributed by atoms with Crippen LogP contribution in [0.25, 0.3) is 11.3 Å². The van der Waals surface area contributed by atoms with Crippen molar-refractivity contribution in [1.29, 1.82) is 5.26 Å². The minimum atomic E-state index is -1.27. The van der Waals surface area contributed by atoms with Gasteiger partial charge >= 0.3 is 0 Å². The molecule has 3 N–H and O–H groups in total. The van der Waals surface area contributed by atoms with E-state index in [1.54, 1.807) is 15.9 Å². The molecule has 0 spiro atoms. The van der Waals surface area contributed by atoms with Crippen LogP contribution < -0.4 is 15.4 Å². The molecule has 0 aliphatic carbocycles. The summed E-state index contributed by atoms with van der Waals surface area (Å²) >= 11 is 6.46. The molecule has 15 heteroatoms. The van der Waals surface area contributed by atoms with Gasteiger partial charge in [-0.05, 0) is 43.2 Å². The number of ether oxygens (including phenoxy) is 1. The molecule has 1 aromatic heterocycles. The van der Waals surface area contributed by atoms with Crippen LogP contribution in [-0.2, 0) is 11.8 Å². The minimum Gasteiger partial charge on any atom is -0.476 e. The van der Waals surface area contributed by atoms with Gasteiger partial charge in [-0.2, -0.15) is 9.65 Å². The Kier molecular flexibility index (Phi) is 10.2. The van der Waals surface area contributed by atoms with Crippen LogP contribution in [0.4, 0.5) is 14.5 Å². The number of aliphatic hydroxyl groups is 1. The summed E-state index contributed by atoms with van der Waals surface area (Å²) < 4.78 is 35.4. The molecule has 3 heterocycles. The zero-order chi connectivity index (χ0) is 33.0. The van der Waals surface area contributed by atoms with Crippen molar-refractivity contribution in [3.63, 3.8) is 0 Å². The summed E-state index contributed by atoms with van der Waals surface area (Å²) in [6.45, 7) is 1.97. The molecule has 1 atom stereocenters. The highest BCUT2D eigenvalue weighted by molar-refractivity contribution is 6.34. The Morgan fingerprint density at radius 3 is 2.61 bits per heavy atom. The molecule has 0 saturated carbocycles. The van der Waals surface area contributed by atoms with Gasteiger partial charge in [-0.1, -0.05) is 11.6 Å². The Morgan fingerprint density at radius 2 is 1.91 bits per heavy atom.